The number of rotatable bonds is 11. The monoisotopic (exact) mass is 738 g/mol. The van der Waals surface area contributed by atoms with Crippen LogP contribution in [0.4, 0.5) is 0 Å². The fraction of sp³-hybridized carbons (Fsp3) is 0.120. The van der Waals surface area contributed by atoms with Gasteiger partial charge in [-0.15, -0.1) is 0 Å². The summed E-state index contributed by atoms with van der Waals surface area (Å²) >= 11 is 0. The molecular weight excluding hydrogens is 694 g/mol. The van der Waals surface area contributed by atoms with Crippen LogP contribution in [0, 0.1) is 0 Å². The largest absolute Gasteiger partial charge is 0.491 e. The average Bonchev–Trinajstić information content (AvgIpc) is 3.19. The maximum atomic E-state index is 6.44. The van der Waals surface area contributed by atoms with Crippen LogP contribution >= 0.6 is 15.8 Å². The highest BCUT2D eigenvalue weighted by Crippen LogP contribution is 2.46. The Labute approximate surface area is 321 Å². The number of hydrogen-bond donors (Lipinski definition) is 0. The summed E-state index contributed by atoms with van der Waals surface area (Å²) in [5, 5.41) is 12.6. The van der Waals surface area contributed by atoms with Crippen molar-refractivity contribution in [2.24, 2.45) is 0 Å². The lowest BCUT2D eigenvalue weighted by Crippen LogP contribution is -2.26. The van der Waals surface area contributed by atoms with Crippen molar-refractivity contribution in [1.29, 1.82) is 0 Å². The minimum absolute atomic E-state index is 0.0488. The van der Waals surface area contributed by atoms with E-state index in [9.17, 15) is 0 Å². The second kappa shape index (κ2) is 16.0. The molecule has 0 aliphatic rings. The van der Waals surface area contributed by atoms with Crippen LogP contribution in [-0.4, -0.2) is 12.2 Å². The van der Waals surface area contributed by atoms with Crippen molar-refractivity contribution in [2.75, 3.05) is 0 Å². The first kappa shape index (κ1) is 35.8. The highest BCUT2D eigenvalue weighted by molar-refractivity contribution is 7.80. The normalized spacial score (nSPS) is 11.6. The van der Waals surface area contributed by atoms with Gasteiger partial charge in [-0.25, -0.2) is 0 Å². The molecule has 4 heteroatoms. The summed E-state index contributed by atoms with van der Waals surface area (Å²) in [4.78, 5) is 0. The molecule has 0 aliphatic carbocycles. The molecular formula is C50H44O2P2. The van der Waals surface area contributed by atoms with Gasteiger partial charge in [-0.1, -0.05) is 158 Å². The minimum Gasteiger partial charge on any atom is -0.491 e. The van der Waals surface area contributed by atoms with Gasteiger partial charge in [0.05, 0.1) is 12.2 Å². The summed E-state index contributed by atoms with van der Waals surface area (Å²) in [5.74, 6) is 1.75. The van der Waals surface area contributed by atoms with E-state index in [4.69, 9.17) is 9.47 Å². The van der Waals surface area contributed by atoms with E-state index in [-0.39, 0.29) is 12.2 Å². The molecule has 0 unspecified atom stereocenters. The fourth-order valence-corrected chi connectivity index (χ4v) is 12.3. The van der Waals surface area contributed by atoms with Gasteiger partial charge in [0.25, 0.3) is 0 Å². The quantitative estimate of drug-likeness (QED) is 0.123. The summed E-state index contributed by atoms with van der Waals surface area (Å²) in [6.45, 7) is 8.38. The molecule has 54 heavy (non-hydrogen) atoms. The molecule has 0 amide bonds. The second-order valence-corrected chi connectivity index (χ2v) is 18.4. The van der Waals surface area contributed by atoms with Crippen molar-refractivity contribution in [2.45, 2.75) is 39.9 Å². The Balaban J connectivity index is 1.56. The maximum absolute atomic E-state index is 6.44. The summed E-state index contributed by atoms with van der Waals surface area (Å²) in [7, 11) is -1.94. The lowest BCUT2D eigenvalue weighted by Gasteiger charge is -2.29. The first-order chi connectivity index (χ1) is 26.4. The average molecular weight is 739 g/mol. The molecule has 0 saturated carbocycles. The Hall–Kier alpha value is -5.26. The summed E-state index contributed by atoms with van der Waals surface area (Å²) in [6, 6.07) is 66.9. The van der Waals surface area contributed by atoms with Crippen molar-refractivity contribution in [1.82, 2.24) is 0 Å². The lowest BCUT2D eigenvalue weighted by molar-refractivity contribution is 0.242. The standard InChI is InChI=1S/C50H44O2P2/c1-35(2)51-39-29-25-37-27-31-47(53(41-17-9-5-10-18-41)42-19-11-6-12-20-42)49(45(37)33-39)50-46-34-40(52-36(3)4)30-26-38(46)28-32-48(50)54(43-21-13-7-14-22-43)44-23-15-8-16-24-44/h5-36H,1-4H3. The Morgan fingerprint density at radius 1 is 0.352 bits per heavy atom. The molecule has 0 spiro atoms. The van der Waals surface area contributed by atoms with Gasteiger partial charge in [-0.05, 0) is 132 Å². The van der Waals surface area contributed by atoms with E-state index in [1.165, 1.54) is 64.5 Å². The number of ether oxygens (including phenoxy) is 2. The van der Waals surface area contributed by atoms with E-state index >= 15 is 0 Å². The van der Waals surface area contributed by atoms with Gasteiger partial charge in [-0.2, -0.15) is 0 Å². The number of benzene rings is 8. The molecule has 266 valence electrons. The van der Waals surface area contributed by atoms with Crippen LogP contribution in [0.25, 0.3) is 32.7 Å². The van der Waals surface area contributed by atoms with Gasteiger partial charge in [0.1, 0.15) is 11.5 Å². The molecule has 0 fully saturated rings. The molecule has 0 aromatic heterocycles. The smallest absolute Gasteiger partial charge is 0.120 e. The third-order valence-electron chi connectivity index (χ3n) is 9.47. The van der Waals surface area contributed by atoms with Crippen LogP contribution in [0.15, 0.2) is 182 Å². The molecule has 0 saturated heterocycles. The van der Waals surface area contributed by atoms with E-state index in [1.54, 1.807) is 0 Å². The zero-order valence-electron chi connectivity index (χ0n) is 31.2. The molecule has 0 aliphatic heterocycles. The van der Waals surface area contributed by atoms with Gasteiger partial charge in [-0.3, -0.25) is 0 Å². The molecule has 0 bridgehead atoms. The van der Waals surface area contributed by atoms with Crippen molar-refractivity contribution >= 4 is 69.2 Å². The van der Waals surface area contributed by atoms with E-state index < -0.39 is 15.8 Å². The topological polar surface area (TPSA) is 18.5 Å². The Morgan fingerprint density at radius 2 is 0.648 bits per heavy atom. The molecule has 0 N–H and O–H groups in total. The van der Waals surface area contributed by atoms with Crippen LogP contribution in [-0.2, 0) is 0 Å². The van der Waals surface area contributed by atoms with E-state index in [0.717, 1.165) is 11.5 Å². The van der Waals surface area contributed by atoms with Crippen LogP contribution in [0.1, 0.15) is 27.7 Å². The van der Waals surface area contributed by atoms with Gasteiger partial charge in [0, 0.05) is 0 Å². The van der Waals surface area contributed by atoms with Crippen molar-refractivity contribution < 1.29 is 9.47 Å². The van der Waals surface area contributed by atoms with Gasteiger partial charge in [0.2, 0.25) is 0 Å². The minimum atomic E-state index is -0.972. The molecule has 8 rings (SSSR count). The predicted octanol–water partition coefficient (Wildman–Crippen LogP) is 10.8. The summed E-state index contributed by atoms with van der Waals surface area (Å²) in [5.41, 5.74) is 2.50. The highest BCUT2D eigenvalue weighted by atomic mass is 31.1. The van der Waals surface area contributed by atoms with Crippen LogP contribution in [0.3, 0.4) is 0 Å². The number of hydrogen-bond acceptors (Lipinski definition) is 2. The highest BCUT2D eigenvalue weighted by Gasteiger charge is 2.28. The third kappa shape index (κ3) is 7.43. The van der Waals surface area contributed by atoms with Gasteiger partial charge < -0.3 is 9.47 Å². The van der Waals surface area contributed by atoms with Crippen molar-refractivity contribution in [3.63, 3.8) is 0 Å². The van der Waals surface area contributed by atoms with Crippen molar-refractivity contribution in [3.05, 3.63) is 182 Å². The first-order valence-corrected chi connectivity index (χ1v) is 21.4. The van der Waals surface area contributed by atoms with Crippen LogP contribution in [0.5, 0.6) is 11.5 Å². The Kier molecular flexibility index (Phi) is 10.6. The van der Waals surface area contributed by atoms with E-state index in [2.05, 4.69) is 210 Å². The molecule has 2 nitrogen and oxygen atoms in total. The zero-order chi connectivity index (χ0) is 37.0. The molecule has 0 radical (unpaired) electrons. The molecule has 8 aromatic rings. The molecule has 8 aromatic carbocycles. The van der Waals surface area contributed by atoms with Crippen LogP contribution < -0.4 is 41.3 Å². The first-order valence-electron chi connectivity index (χ1n) is 18.7. The molecule has 0 atom stereocenters. The zero-order valence-corrected chi connectivity index (χ0v) is 33.0. The Bertz CT molecular complexity index is 2240. The van der Waals surface area contributed by atoms with Gasteiger partial charge in [0.15, 0.2) is 0 Å². The third-order valence-corrected chi connectivity index (χ3v) is 14.4. The molecule has 0 heterocycles. The Morgan fingerprint density at radius 3 is 0.944 bits per heavy atom. The maximum Gasteiger partial charge on any atom is 0.120 e. The van der Waals surface area contributed by atoms with E-state index in [1.807, 2.05) is 0 Å². The summed E-state index contributed by atoms with van der Waals surface area (Å²) in [6.07, 6.45) is 0.0976. The van der Waals surface area contributed by atoms with Gasteiger partial charge >= 0.3 is 0 Å². The van der Waals surface area contributed by atoms with Crippen LogP contribution in [0.2, 0.25) is 0 Å². The second-order valence-electron chi connectivity index (χ2n) is 14.0. The lowest BCUT2D eigenvalue weighted by atomic mass is 9.93. The van der Waals surface area contributed by atoms with E-state index in [0.29, 0.717) is 0 Å². The fourth-order valence-electron chi connectivity index (χ4n) is 7.33. The van der Waals surface area contributed by atoms with Crippen molar-refractivity contribution in [3.8, 4) is 22.6 Å². The predicted molar refractivity (Wildman–Crippen MR) is 236 cm³/mol. The summed E-state index contributed by atoms with van der Waals surface area (Å²) < 4.78 is 12.9. The SMILES string of the molecule is CC(C)Oc1ccc2ccc(P(c3ccccc3)c3ccccc3)c(-c3c(P(c4ccccc4)c4ccccc4)ccc4ccc(OC(C)C)cc34)c2c1. The number of fused-ring (bicyclic) bond motifs is 2.